The van der Waals surface area contributed by atoms with Crippen LogP contribution in [-0.2, 0) is 4.74 Å². The molecule has 1 saturated heterocycles. The summed E-state index contributed by atoms with van der Waals surface area (Å²) in [6.45, 7) is 5.15. The van der Waals surface area contributed by atoms with Gasteiger partial charge in [0.25, 0.3) is 5.91 Å². The number of ether oxygens (including phenoxy) is 1. The lowest BCUT2D eigenvalue weighted by Crippen LogP contribution is -2.48. The van der Waals surface area contributed by atoms with Gasteiger partial charge in [-0.25, -0.2) is 10.8 Å². The van der Waals surface area contributed by atoms with E-state index in [0.717, 1.165) is 0 Å². The van der Waals surface area contributed by atoms with Crippen LogP contribution in [0.5, 0.6) is 0 Å². The van der Waals surface area contributed by atoms with Gasteiger partial charge in [-0.15, -0.1) is 0 Å². The molecule has 6 nitrogen and oxygen atoms in total. The molecule has 18 heavy (non-hydrogen) atoms. The first-order valence-corrected chi connectivity index (χ1v) is 5.97. The monoisotopic (exact) mass is 250 g/mol. The fraction of sp³-hybridized carbons (Fsp3) is 0.500. The molecule has 1 amide bonds. The van der Waals surface area contributed by atoms with Gasteiger partial charge in [0, 0.05) is 24.8 Å². The summed E-state index contributed by atoms with van der Waals surface area (Å²) in [6.07, 6.45) is 1.69. The molecule has 0 saturated carbocycles. The maximum atomic E-state index is 12.3. The minimum Gasteiger partial charge on any atom is -0.372 e. The van der Waals surface area contributed by atoms with Crippen molar-refractivity contribution in [1.29, 1.82) is 0 Å². The van der Waals surface area contributed by atoms with E-state index >= 15 is 0 Å². The van der Waals surface area contributed by atoms with Gasteiger partial charge in [0.2, 0.25) is 0 Å². The van der Waals surface area contributed by atoms with Crippen molar-refractivity contribution in [2.45, 2.75) is 26.1 Å². The molecule has 0 radical (unpaired) electrons. The zero-order chi connectivity index (χ0) is 13.1. The first-order chi connectivity index (χ1) is 8.60. The largest absolute Gasteiger partial charge is 0.372 e. The molecule has 2 rings (SSSR count). The number of amides is 1. The Labute approximate surface area is 106 Å². The van der Waals surface area contributed by atoms with Crippen LogP contribution in [0.2, 0.25) is 0 Å². The highest BCUT2D eigenvalue weighted by atomic mass is 16.5. The number of nitrogen functional groups attached to an aromatic ring is 1. The lowest BCUT2D eigenvalue weighted by Gasteiger charge is -2.35. The molecule has 1 aliphatic rings. The zero-order valence-electron chi connectivity index (χ0n) is 10.6. The number of rotatable bonds is 2. The number of morpholine rings is 1. The summed E-state index contributed by atoms with van der Waals surface area (Å²) in [4.78, 5) is 18.1. The van der Waals surface area contributed by atoms with Crippen molar-refractivity contribution in [3.05, 3.63) is 23.9 Å². The summed E-state index contributed by atoms with van der Waals surface area (Å²) in [5.41, 5.74) is 3.02. The number of hydrogen-bond donors (Lipinski definition) is 2. The molecule has 0 bridgehead atoms. The summed E-state index contributed by atoms with van der Waals surface area (Å²) >= 11 is 0. The highest BCUT2D eigenvalue weighted by Crippen LogP contribution is 2.15. The predicted molar refractivity (Wildman–Crippen MR) is 68.0 cm³/mol. The second kappa shape index (κ2) is 5.32. The fourth-order valence-corrected chi connectivity index (χ4v) is 2.17. The second-order valence-electron chi connectivity index (χ2n) is 4.54. The summed E-state index contributed by atoms with van der Waals surface area (Å²) in [5.74, 6) is 5.75. The Hall–Kier alpha value is -1.66. The van der Waals surface area contributed by atoms with Crippen molar-refractivity contribution in [2.24, 2.45) is 5.84 Å². The van der Waals surface area contributed by atoms with E-state index in [9.17, 15) is 4.79 Å². The third-order valence-electron chi connectivity index (χ3n) is 2.86. The summed E-state index contributed by atoms with van der Waals surface area (Å²) in [6, 6.07) is 3.33. The van der Waals surface area contributed by atoms with Crippen LogP contribution in [-0.4, -0.2) is 41.1 Å². The molecular formula is C12H18N4O2. The SMILES string of the molecule is CC1CN(C(=O)c2ccnc(NN)c2)CC(C)O1. The van der Waals surface area contributed by atoms with Gasteiger partial charge in [0.1, 0.15) is 5.82 Å². The van der Waals surface area contributed by atoms with E-state index in [0.29, 0.717) is 24.5 Å². The van der Waals surface area contributed by atoms with Crippen molar-refractivity contribution in [3.8, 4) is 0 Å². The first kappa shape index (κ1) is 12.8. The van der Waals surface area contributed by atoms with Crippen LogP contribution in [0.1, 0.15) is 24.2 Å². The maximum Gasteiger partial charge on any atom is 0.254 e. The predicted octanol–water partition coefficient (Wildman–Crippen LogP) is 0.617. The minimum absolute atomic E-state index is 0.0177. The molecule has 1 fully saturated rings. The van der Waals surface area contributed by atoms with Gasteiger partial charge >= 0.3 is 0 Å². The molecule has 0 aliphatic carbocycles. The normalized spacial score (nSPS) is 23.8. The Kier molecular flexibility index (Phi) is 3.78. The molecule has 0 aromatic carbocycles. The summed E-state index contributed by atoms with van der Waals surface area (Å²) in [5, 5.41) is 0. The third kappa shape index (κ3) is 2.77. The Morgan fingerprint density at radius 1 is 1.50 bits per heavy atom. The number of hydrogen-bond acceptors (Lipinski definition) is 5. The molecule has 98 valence electrons. The highest BCUT2D eigenvalue weighted by Gasteiger charge is 2.26. The number of nitrogens with zero attached hydrogens (tertiary/aromatic N) is 2. The molecular weight excluding hydrogens is 232 g/mol. The number of anilines is 1. The van der Waals surface area contributed by atoms with Crippen LogP contribution >= 0.6 is 0 Å². The molecule has 1 aliphatic heterocycles. The Balaban J connectivity index is 2.14. The number of aromatic nitrogens is 1. The molecule has 2 atom stereocenters. The number of pyridine rings is 1. The van der Waals surface area contributed by atoms with Gasteiger partial charge in [0.05, 0.1) is 12.2 Å². The van der Waals surface area contributed by atoms with Crippen LogP contribution in [0.15, 0.2) is 18.3 Å². The van der Waals surface area contributed by atoms with Gasteiger partial charge in [-0.3, -0.25) is 4.79 Å². The summed E-state index contributed by atoms with van der Waals surface area (Å²) < 4.78 is 5.61. The first-order valence-electron chi connectivity index (χ1n) is 5.97. The van der Waals surface area contributed by atoms with Crippen LogP contribution < -0.4 is 11.3 Å². The van der Waals surface area contributed by atoms with E-state index in [2.05, 4.69) is 10.4 Å². The second-order valence-corrected chi connectivity index (χ2v) is 4.54. The molecule has 2 heterocycles. The molecule has 1 aromatic rings. The van der Waals surface area contributed by atoms with Crippen molar-refractivity contribution >= 4 is 11.7 Å². The quantitative estimate of drug-likeness (QED) is 0.594. The number of nitrogens with one attached hydrogen (secondary N) is 1. The number of nitrogens with two attached hydrogens (primary N) is 1. The van der Waals surface area contributed by atoms with Crippen LogP contribution in [0.25, 0.3) is 0 Å². The molecule has 2 unspecified atom stereocenters. The van der Waals surface area contributed by atoms with Crippen LogP contribution in [0.4, 0.5) is 5.82 Å². The van der Waals surface area contributed by atoms with Gasteiger partial charge in [-0.1, -0.05) is 0 Å². The lowest BCUT2D eigenvalue weighted by molar-refractivity contribution is -0.0586. The van der Waals surface area contributed by atoms with Gasteiger partial charge in [-0.05, 0) is 26.0 Å². The minimum atomic E-state index is -0.0177. The molecule has 3 N–H and O–H groups in total. The van der Waals surface area contributed by atoms with E-state index in [1.165, 1.54) is 0 Å². The van der Waals surface area contributed by atoms with E-state index in [1.54, 1.807) is 23.2 Å². The molecule has 0 spiro atoms. The smallest absolute Gasteiger partial charge is 0.254 e. The average Bonchev–Trinajstić information content (AvgIpc) is 2.37. The lowest BCUT2D eigenvalue weighted by atomic mass is 10.1. The van der Waals surface area contributed by atoms with Crippen molar-refractivity contribution in [2.75, 3.05) is 18.5 Å². The molecule has 1 aromatic heterocycles. The zero-order valence-corrected chi connectivity index (χ0v) is 10.6. The third-order valence-corrected chi connectivity index (χ3v) is 2.86. The van der Waals surface area contributed by atoms with Gasteiger partial charge in [-0.2, -0.15) is 0 Å². The van der Waals surface area contributed by atoms with Crippen LogP contribution in [0.3, 0.4) is 0 Å². The van der Waals surface area contributed by atoms with E-state index < -0.39 is 0 Å². The molecule has 6 heteroatoms. The van der Waals surface area contributed by atoms with E-state index in [4.69, 9.17) is 10.6 Å². The number of carbonyl (C=O) groups is 1. The standard InChI is InChI=1S/C12H18N4O2/c1-8-6-16(7-9(2)18-8)12(17)10-3-4-14-11(5-10)15-13/h3-5,8-9H,6-7,13H2,1-2H3,(H,14,15). The Bertz CT molecular complexity index is 428. The summed E-state index contributed by atoms with van der Waals surface area (Å²) in [7, 11) is 0. The highest BCUT2D eigenvalue weighted by molar-refractivity contribution is 5.94. The number of hydrazine groups is 1. The maximum absolute atomic E-state index is 12.3. The Morgan fingerprint density at radius 2 is 2.17 bits per heavy atom. The van der Waals surface area contributed by atoms with Crippen molar-refractivity contribution in [3.63, 3.8) is 0 Å². The van der Waals surface area contributed by atoms with E-state index in [-0.39, 0.29) is 18.1 Å². The van der Waals surface area contributed by atoms with Crippen LogP contribution in [0, 0.1) is 0 Å². The fourth-order valence-electron chi connectivity index (χ4n) is 2.17. The van der Waals surface area contributed by atoms with E-state index in [1.807, 2.05) is 13.8 Å². The number of carbonyl (C=O) groups excluding carboxylic acids is 1. The van der Waals surface area contributed by atoms with Gasteiger partial charge < -0.3 is 15.1 Å². The van der Waals surface area contributed by atoms with Crippen molar-refractivity contribution < 1.29 is 9.53 Å². The van der Waals surface area contributed by atoms with Gasteiger partial charge in [0.15, 0.2) is 0 Å². The Morgan fingerprint density at radius 3 is 2.78 bits per heavy atom. The van der Waals surface area contributed by atoms with Crippen molar-refractivity contribution in [1.82, 2.24) is 9.88 Å². The topological polar surface area (TPSA) is 80.5 Å². The average molecular weight is 250 g/mol.